The van der Waals surface area contributed by atoms with Crippen molar-refractivity contribution in [1.29, 1.82) is 0 Å². The topological polar surface area (TPSA) is 70.5 Å². The van der Waals surface area contributed by atoms with Gasteiger partial charge in [0.15, 0.2) is 0 Å². The minimum Gasteiger partial charge on any atom is -0.481 e. The molecule has 2 heterocycles. The molecule has 0 spiro atoms. The zero-order chi connectivity index (χ0) is 17.3. The number of carboxylic acids is 1. The summed E-state index contributed by atoms with van der Waals surface area (Å²) in [5.41, 5.74) is 1.88. The second kappa shape index (κ2) is 6.39. The first-order valence-corrected chi connectivity index (χ1v) is 7.64. The van der Waals surface area contributed by atoms with E-state index in [1.807, 2.05) is 6.07 Å². The number of nitrogens with zero attached hydrogens (tertiary/aromatic N) is 2. The highest BCUT2D eigenvalue weighted by molar-refractivity contribution is 5.87. The Morgan fingerprint density at radius 2 is 2.21 bits per heavy atom. The standard InChI is InChI=1S/C18H17FN2O3/c1-11-7-13(4-5-15(11)19)17-14(18(23)24)8-16(22)21(17)10-12-3-2-6-20-9-12/h2-7,9,14,17H,8,10H2,1H3,(H,23,24)/t14-,17+/m0/s1. The first-order valence-electron chi connectivity index (χ1n) is 7.64. The summed E-state index contributed by atoms with van der Waals surface area (Å²) in [6, 6.07) is 7.47. The van der Waals surface area contributed by atoms with E-state index in [-0.39, 0.29) is 24.7 Å². The molecule has 1 aromatic heterocycles. The van der Waals surface area contributed by atoms with E-state index in [1.54, 1.807) is 42.4 Å². The number of pyridine rings is 1. The van der Waals surface area contributed by atoms with Gasteiger partial charge in [-0.3, -0.25) is 14.6 Å². The van der Waals surface area contributed by atoms with Gasteiger partial charge in [-0.25, -0.2) is 4.39 Å². The van der Waals surface area contributed by atoms with Gasteiger partial charge in [0.05, 0.1) is 12.0 Å². The Bertz CT molecular complexity index is 779. The average Bonchev–Trinajstić information content (AvgIpc) is 2.88. The van der Waals surface area contributed by atoms with Crippen molar-refractivity contribution in [2.45, 2.75) is 25.9 Å². The Kier molecular flexibility index (Phi) is 4.29. The number of aromatic nitrogens is 1. The summed E-state index contributed by atoms with van der Waals surface area (Å²) in [4.78, 5) is 29.6. The molecule has 1 amide bonds. The van der Waals surface area contributed by atoms with Gasteiger partial charge in [-0.15, -0.1) is 0 Å². The van der Waals surface area contributed by atoms with E-state index in [0.29, 0.717) is 11.1 Å². The summed E-state index contributed by atoms with van der Waals surface area (Å²) in [7, 11) is 0. The lowest BCUT2D eigenvalue weighted by molar-refractivity contribution is -0.142. The van der Waals surface area contributed by atoms with Crippen molar-refractivity contribution in [3.05, 3.63) is 65.2 Å². The lowest BCUT2D eigenvalue weighted by Crippen LogP contribution is -2.30. The van der Waals surface area contributed by atoms with Crippen molar-refractivity contribution in [2.24, 2.45) is 5.92 Å². The van der Waals surface area contributed by atoms with Crippen LogP contribution in [0.5, 0.6) is 0 Å². The number of hydrogen-bond donors (Lipinski definition) is 1. The van der Waals surface area contributed by atoms with Crippen molar-refractivity contribution in [3.8, 4) is 0 Å². The Morgan fingerprint density at radius 3 is 2.83 bits per heavy atom. The molecule has 24 heavy (non-hydrogen) atoms. The van der Waals surface area contributed by atoms with Gasteiger partial charge >= 0.3 is 5.97 Å². The molecule has 5 nitrogen and oxygen atoms in total. The van der Waals surface area contributed by atoms with Crippen LogP contribution in [0.3, 0.4) is 0 Å². The fourth-order valence-electron chi connectivity index (χ4n) is 3.15. The predicted octanol–water partition coefficient (Wildman–Crippen LogP) is 2.70. The van der Waals surface area contributed by atoms with Gasteiger partial charge in [0, 0.05) is 25.4 Å². The molecular weight excluding hydrogens is 311 g/mol. The second-order valence-corrected chi connectivity index (χ2v) is 5.99. The molecule has 6 heteroatoms. The van der Waals surface area contributed by atoms with Gasteiger partial charge in [0.25, 0.3) is 0 Å². The highest BCUT2D eigenvalue weighted by atomic mass is 19.1. The third kappa shape index (κ3) is 2.99. The normalized spacial score (nSPS) is 20.4. The number of carbonyl (C=O) groups excluding carboxylic acids is 1. The van der Waals surface area contributed by atoms with Gasteiger partial charge in [-0.05, 0) is 35.7 Å². The number of hydrogen-bond acceptors (Lipinski definition) is 3. The summed E-state index contributed by atoms with van der Waals surface area (Å²) < 4.78 is 13.6. The third-order valence-corrected chi connectivity index (χ3v) is 4.35. The van der Waals surface area contributed by atoms with Crippen molar-refractivity contribution < 1.29 is 19.1 Å². The monoisotopic (exact) mass is 328 g/mol. The maximum Gasteiger partial charge on any atom is 0.309 e. The van der Waals surface area contributed by atoms with Crippen LogP contribution in [0.25, 0.3) is 0 Å². The lowest BCUT2D eigenvalue weighted by Gasteiger charge is -2.27. The average molecular weight is 328 g/mol. The summed E-state index contributed by atoms with van der Waals surface area (Å²) in [5.74, 6) is -2.45. The Hall–Kier alpha value is -2.76. The quantitative estimate of drug-likeness (QED) is 0.937. The van der Waals surface area contributed by atoms with Gasteiger partial charge in [-0.2, -0.15) is 0 Å². The van der Waals surface area contributed by atoms with E-state index in [0.717, 1.165) is 5.56 Å². The minimum atomic E-state index is -1.02. The molecule has 0 unspecified atom stereocenters. The van der Waals surface area contributed by atoms with Crippen LogP contribution >= 0.6 is 0 Å². The molecule has 1 N–H and O–H groups in total. The van der Waals surface area contributed by atoms with Crippen LogP contribution in [-0.4, -0.2) is 26.9 Å². The van der Waals surface area contributed by atoms with Crippen LogP contribution in [0.2, 0.25) is 0 Å². The van der Waals surface area contributed by atoms with E-state index < -0.39 is 17.9 Å². The molecule has 0 saturated carbocycles. The van der Waals surface area contributed by atoms with Crippen LogP contribution in [-0.2, 0) is 16.1 Å². The highest BCUT2D eigenvalue weighted by Gasteiger charge is 2.44. The number of carboxylic acid groups (broad SMARTS) is 1. The molecule has 1 aliphatic rings. The van der Waals surface area contributed by atoms with Gasteiger partial charge in [-0.1, -0.05) is 18.2 Å². The van der Waals surface area contributed by atoms with Gasteiger partial charge in [0.1, 0.15) is 5.82 Å². The molecule has 0 aliphatic carbocycles. The smallest absolute Gasteiger partial charge is 0.309 e. The molecule has 0 radical (unpaired) electrons. The first-order chi connectivity index (χ1) is 11.5. The summed E-state index contributed by atoms with van der Waals surface area (Å²) in [5, 5.41) is 9.51. The fourth-order valence-corrected chi connectivity index (χ4v) is 3.15. The Balaban J connectivity index is 1.99. The maximum atomic E-state index is 13.6. The molecule has 124 valence electrons. The molecular formula is C18H17FN2O3. The van der Waals surface area contributed by atoms with Crippen molar-refractivity contribution in [3.63, 3.8) is 0 Å². The van der Waals surface area contributed by atoms with Crippen molar-refractivity contribution >= 4 is 11.9 Å². The molecule has 2 atom stereocenters. The number of likely N-dealkylation sites (tertiary alicyclic amines) is 1. The van der Waals surface area contributed by atoms with Crippen LogP contribution in [0.15, 0.2) is 42.7 Å². The number of halogens is 1. The minimum absolute atomic E-state index is 0.0588. The van der Waals surface area contributed by atoms with E-state index >= 15 is 0 Å². The summed E-state index contributed by atoms with van der Waals surface area (Å²) in [6.07, 6.45) is 3.22. The van der Waals surface area contributed by atoms with E-state index in [4.69, 9.17) is 0 Å². The molecule has 3 rings (SSSR count). The van der Waals surface area contributed by atoms with Crippen LogP contribution in [0, 0.1) is 18.7 Å². The number of benzene rings is 1. The zero-order valence-corrected chi connectivity index (χ0v) is 13.1. The van der Waals surface area contributed by atoms with Crippen LogP contribution in [0.1, 0.15) is 29.2 Å². The summed E-state index contributed by atoms with van der Waals surface area (Å²) >= 11 is 0. The summed E-state index contributed by atoms with van der Waals surface area (Å²) in [6.45, 7) is 1.90. The number of aryl methyl sites for hydroxylation is 1. The predicted molar refractivity (Wildman–Crippen MR) is 84.4 cm³/mol. The molecule has 1 aliphatic heterocycles. The van der Waals surface area contributed by atoms with E-state index in [1.165, 1.54) is 6.07 Å². The second-order valence-electron chi connectivity index (χ2n) is 5.99. The van der Waals surface area contributed by atoms with E-state index in [9.17, 15) is 19.1 Å². The molecule has 1 saturated heterocycles. The van der Waals surface area contributed by atoms with Crippen LogP contribution < -0.4 is 0 Å². The number of rotatable bonds is 4. The largest absolute Gasteiger partial charge is 0.481 e. The molecule has 2 aromatic rings. The van der Waals surface area contributed by atoms with Gasteiger partial charge < -0.3 is 10.0 Å². The zero-order valence-electron chi connectivity index (χ0n) is 13.1. The van der Waals surface area contributed by atoms with Crippen molar-refractivity contribution in [1.82, 2.24) is 9.88 Å². The Morgan fingerprint density at radius 1 is 1.42 bits per heavy atom. The molecule has 1 aromatic carbocycles. The number of carbonyl (C=O) groups is 2. The van der Waals surface area contributed by atoms with E-state index in [2.05, 4.69) is 4.98 Å². The number of aliphatic carboxylic acids is 1. The molecule has 0 bridgehead atoms. The third-order valence-electron chi connectivity index (χ3n) is 4.35. The lowest BCUT2D eigenvalue weighted by atomic mass is 9.92. The van der Waals surface area contributed by atoms with Crippen molar-refractivity contribution in [2.75, 3.05) is 0 Å². The first kappa shape index (κ1) is 16.1. The number of amides is 1. The van der Waals surface area contributed by atoms with Gasteiger partial charge in [0.2, 0.25) is 5.91 Å². The molecule has 1 fully saturated rings. The maximum absolute atomic E-state index is 13.6. The fraction of sp³-hybridized carbons (Fsp3) is 0.278. The highest BCUT2D eigenvalue weighted by Crippen LogP contribution is 2.39. The Labute approximate surface area is 138 Å². The SMILES string of the molecule is Cc1cc([C@@H]2[C@@H](C(=O)O)CC(=O)N2Cc2cccnc2)ccc1F. The van der Waals surface area contributed by atoms with Crippen LogP contribution in [0.4, 0.5) is 4.39 Å².